The Bertz CT molecular complexity index is 982. The van der Waals surface area contributed by atoms with Crippen molar-refractivity contribution >= 4 is 42.4 Å². The summed E-state index contributed by atoms with van der Waals surface area (Å²) in [6.07, 6.45) is 0. The normalized spacial score (nSPS) is 11.6. The number of hydrogen-bond donors (Lipinski definition) is 2. The third-order valence-corrected chi connectivity index (χ3v) is 6.42. The first-order chi connectivity index (χ1) is 11.8. The Morgan fingerprint density at radius 1 is 1.12 bits per heavy atom. The molecule has 0 spiro atoms. The van der Waals surface area contributed by atoms with Gasteiger partial charge in [0.15, 0.2) is 5.13 Å². The largest absolute Gasteiger partial charge is 0.375 e. The van der Waals surface area contributed by atoms with Gasteiger partial charge in [-0.2, -0.15) is 0 Å². The maximum absolute atomic E-state index is 12.5. The minimum absolute atomic E-state index is 0.135. The summed E-state index contributed by atoms with van der Waals surface area (Å²) in [5.74, 6) is 0. The van der Waals surface area contributed by atoms with Gasteiger partial charge in [0.25, 0.3) is 0 Å². The molecule has 3 aromatic rings. The number of anilines is 1. The van der Waals surface area contributed by atoms with E-state index in [2.05, 4.69) is 25.6 Å². The van der Waals surface area contributed by atoms with Gasteiger partial charge in [-0.15, -0.1) is 11.3 Å². The Morgan fingerprint density at radius 3 is 2.40 bits per heavy atom. The van der Waals surface area contributed by atoms with Gasteiger partial charge in [-0.25, -0.2) is 18.1 Å². The lowest BCUT2D eigenvalue weighted by Crippen LogP contribution is -2.23. The summed E-state index contributed by atoms with van der Waals surface area (Å²) < 4.78 is 28.5. The van der Waals surface area contributed by atoms with E-state index < -0.39 is 10.0 Å². The molecule has 25 heavy (non-hydrogen) atoms. The van der Waals surface area contributed by atoms with Crippen LogP contribution in [-0.2, 0) is 16.6 Å². The number of rotatable bonds is 5. The van der Waals surface area contributed by atoms with Crippen molar-refractivity contribution in [1.29, 1.82) is 0 Å². The minimum atomic E-state index is -3.59. The monoisotopic (exact) mass is 437 g/mol. The molecule has 0 radical (unpaired) electrons. The molecule has 0 atom stereocenters. The van der Waals surface area contributed by atoms with E-state index in [4.69, 9.17) is 5.73 Å². The fraction of sp³-hybridized carbons (Fsp3) is 0.118. The van der Waals surface area contributed by atoms with Gasteiger partial charge < -0.3 is 5.73 Å². The molecule has 0 aliphatic carbocycles. The van der Waals surface area contributed by atoms with E-state index in [0.29, 0.717) is 10.8 Å². The van der Waals surface area contributed by atoms with Gasteiger partial charge >= 0.3 is 0 Å². The standard InChI is InChI=1S/C17H16BrN3O2S2/c1-11-2-8-14(9-3-11)25(22,23)20-10-15-16(21-17(19)24-15)12-4-6-13(18)7-5-12/h2-9,20H,10H2,1H3,(H2,19,21). The van der Waals surface area contributed by atoms with E-state index >= 15 is 0 Å². The van der Waals surface area contributed by atoms with E-state index in [1.54, 1.807) is 24.3 Å². The first-order valence-electron chi connectivity index (χ1n) is 7.42. The van der Waals surface area contributed by atoms with Crippen LogP contribution in [0.3, 0.4) is 0 Å². The summed E-state index contributed by atoms with van der Waals surface area (Å²) in [5, 5.41) is 0.405. The number of nitrogens with zero attached hydrogens (tertiary/aromatic N) is 1. The fourth-order valence-electron chi connectivity index (χ4n) is 2.28. The molecule has 8 heteroatoms. The zero-order valence-corrected chi connectivity index (χ0v) is 16.6. The molecule has 0 saturated heterocycles. The Kier molecular flexibility index (Phi) is 5.24. The topological polar surface area (TPSA) is 85.1 Å². The van der Waals surface area contributed by atoms with Gasteiger partial charge in [0.2, 0.25) is 10.0 Å². The van der Waals surface area contributed by atoms with Crippen LogP contribution in [0, 0.1) is 6.92 Å². The second-order valence-electron chi connectivity index (χ2n) is 5.47. The smallest absolute Gasteiger partial charge is 0.240 e. The second kappa shape index (κ2) is 7.25. The molecular weight excluding hydrogens is 422 g/mol. The van der Waals surface area contributed by atoms with E-state index in [0.717, 1.165) is 20.5 Å². The predicted molar refractivity (Wildman–Crippen MR) is 105 cm³/mol. The van der Waals surface area contributed by atoms with Crippen LogP contribution in [0.5, 0.6) is 0 Å². The van der Waals surface area contributed by atoms with Gasteiger partial charge in [0.05, 0.1) is 10.6 Å². The third kappa shape index (κ3) is 4.27. The molecule has 0 bridgehead atoms. The van der Waals surface area contributed by atoms with Crippen LogP contribution < -0.4 is 10.5 Å². The number of aryl methyl sites for hydroxylation is 1. The molecule has 0 amide bonds. The van der Waals surface area contributed by atoms with Crippen molar-refractivity contribution in [2.24, 2.45) is 0 Å². The summed E-state index contributed by atoms with van der Waals surface area (Å²) in [5.41, 5.74) is 8.43. The average molecular weight is 438 g/mol. The maximum Gasteiger partial charge on any atom is 0.240 e. The molecule has 0 aliphatic rings. The molecule has 0 aliphatic heterocycles. The molecule has 0 unspecified atom stereocenters. The first-order valence-corrected chi connectivity index (χ1v) is 10.5. The average Bonchev–Trinajstić information content (AvgIpc) is 2.95. The predicted octanol–water partition coefficient (Wildman–Crippen LogP) is 3.94. The zero-order valence-electron chi connectivity index (χ0n) is 13.4. The number of halogens is 1. The molecule has 130 valence electrons. The summed E-state index contributed by atoms with van der Waals surface area (Å²) in [7, 11) is -3.59. The van der Waals surface area contributed by atoms with Gasteiger partial charge in [-0.1, -0.05) is 45.8 Å². The van der Waals surface area contributed by atoms with Crippen molar-refractivity contribution in [3.8, 4) is 11.3 Å². The molecular formula is C17H16BrN3O2S2. The van der Waals surface area contributed by atoms with Crippen molar-refractivity contribution in [2.75, 3.05) is 5.73 Å². The number of nitrogens with one attached hydrogen (secondary N) is 1. The summed E-state index contributed by atoms with van der Waals surface area (Å²) in [6.45, 7) is 2.05. The number of hydrogen-bond acceptors (Lipinski definition) is 5. The first kappa shape index (κ1) is 18.1. The highest BCUT2D eigenvalue weighted by Crippen LogP contribution is 2.30. The highest BCUT2D eigenvalue weighted by atomic mass is 79.9. The van der Waals surface area contributed by atoms with Gasteiger partial charge in [-0.05, 0) is 31.2 Å². The lowest BCUT2D eigenvalue weighted by atomic mass is 10.1. The summed E-state index contributed by atoms with van der Waals surface area (Å²) in [6, 6.07) is 14.4. The Labute approximate surface area is 159 Å². The zero-order chi connectivity index (χ0) is 18.0. The summed E-state index contributed by atoms with van der Waals surface area (Å²) in [4.78, 5) is 5.35. The van der Waals surface area contributed by atoms with Crippen molar-refractivity contribution in [3.63, 3.8) is 0 Å². The van der Waals surface area contributed by atoms with E-state index in [9.17, 15) is 8.42 Å². The summed E-state index contributed by atoms with van der Waals surface area (Å²) >= 11 is 4.68. The van der Waals surface area contributed by atoms with Gasteiger partial charge in [0, 0.05) is 21.5 Å². The molecule has 3 rings (SSSR count). The van der Waals surface area contributed by atoms with Gasteiger partial charge in [-0.3, -0.25) is 0 Å². The fourth-order valence-corrected chi connectivity index (χ4v) is 4.43. The lowest BCUT2D eigenvalue weighted by molar-refractivity contribution is 0.582. The third-order valence-electron chi connectivity index (χ3n) is 3.59. The Balaban J connectivity index is 1.84. The number of thiazole rings is 1. The van der Waals surface area contributed by atoms with Crippen molar-refractivity contribution in [2.45, 2.75) is 18.4 Å². The molecule has 0 saturated carbocycles. The quantitative estimate of drug-likeness (QED) is 0.632. The van der Waals surface area contributed by atoms with Crippen LogP contribution in [0.2, 0.25) is 0 Å². The molecule has 0 fully saturated rings. The van der Waals surface area contributed by atoms with E-state index in [-0.39, 0.29) is 11.4 Å². The minimum Gasteiger partial charge on any atom is -0.375 e. The van der Waals surface area contributed by atoms with E-state index in [1.807, 2.05) is 31.2 Å². The van der Waals surface area contributed by atoms with Crippen molar-refractivity contribution in [1.82, 2.24) is 9.71 Å². The number of aromatic nitrogens is 1. The highest BCUT2D eigenvalue weighted by Gasteiger charge is 2.17. The van der Waals surface area contributed by atoms with Crippen LogP contribution in [-0.4, -0.2) is 13.4 Å². The number of nitrogens with two attached hydrogens (primary N) is 1. The van der Waals surface area contributed by atoms with Gasteiger partial charge in [0.1, 0.15) is 0 Å². The lowest BCUT2D eigenvalue weighted by Gasteiger charge is -2.07. The number of sulfonamides is 1. The van der Waals surface area contributed by atoms with E-state index in [1.165, 1.54) is 11.3 Å². The van der Waals surface area contributed by atoms with Crippen LogP contribution in [0.25, 0.3) is 11.3 Å². The number of nitrogen functional groups attached to an aromatic ring is 1. The van der Waals surface area contributed by atoms with Crippen LogP contribution in [0.4, 0.5) is 5.13 Å². The van der Waals surface area contributed by atoms with Crippen LogP contribution in [0.15, 0.2) is 57.9 Å². The second-order valence-corrected chi connectivity index (χ2v) is 9.27. The van der Waals surface area contributed by atoms with Crippen molar-refractivity contribution in [3.05, 3.63) is 63.4 Å². The van der Waals surface area contributed by atoms with Crippen LogP contribution in [0.1, 0.15) is 10.4 Å². The van der Waals surface area contributed by atoms with Crippen LogP contribution >= 0.6 is 27.3 Å². The SMILES string of the molecule is Cc1ccc(S(=O)(=O)NCc2sc(N)nc2-c2ccc(Br)cc2)cc1. The highest BCUT2D eigenvalue weighted by molar-refractivity contribution is 9.10. The molecule has 3 N–H and O–H groups in total. The number of benzene rings is 2. The Hall–Kier alpha value is -1.74. The molecule has 5 nitrogen and oxygen atoms in total. The van der Waals surface area contributed by atoms with Crippen molar-refractivity contribution < 1.29 is 8.42 Å². The molecule has 2 aromatic carbocycles. The molecule has 1 aromatic heterocycles. The molecule has 1 heterocycles. The maximum atomic E-state index is 12.5. The Morgan fingerprint density at radius 2 is 1.76 bits per heavy atom.